The van der Waals surface area contributed by atoms with Gasteiger partial charge in [0.2, 0.25) is 0 Å². The Morgan fingerprint density at radius 2 is 2.43 bits per heavy atom. The highest BCUT2D eigenvalue weighted by Gasteiger charge is 2.22. The second-order valence-electron chi connectivity index (χ2n) is 3.37. The molecule has 14 heavy (non-hydrogen) atoms. The standard InChI is InChI=1S/C8H14N4O2/c1-13-6-3-2-4-12(5-6)8-11-10-7(9)14-8/h6H,2-5H2,1H3,(H2,9,10). The van der Waals surface area contributed by atoms with Crippen LogP contribution in [0.4, 0.5) is 12.0 Å². The number of aromatic nitrogens is 2. The molecule has 1 aromatic heterocycles. The van der Waals surface area contributed by atoms with Gasteiger partial charge in [-0.15, -0.1) is 0 Å². The summed E-state index contributed by atoms with van der Waals surface area (Å²) in [6.07, 6.45) is 2.40. The third-order valence-electron chi connectivity index (χ3n) is 2.41. The molecule has 1 unspecified atom stereocenters. The summed E-state index contributed by atoms with van der Waals surface area (Å²) in [6, 6.07) is 0.601. The van der Waals surface area contributed by atoms with Crippen molar-refractivity contribution in [3.8, 4) is 0 Å². The largest absolute Gasteiger partial charge is 0.390 e. The summed E-state index contributed by atoms with van der Waals surface area (Å²) in [5.41, 5.74) is 5.35. The summed E-state index contributed by atoms with van der Waals surface area (Å²) in [7, 11) is 1.72. The normalized spacial score (nSPS) is 22.6. The highest BCUT2D eigenvalue weighted by Crippen LogP contribution is 2.20. The Morgan fingerprint density at radius 1 is 1.57 bits per heavy atom. The van der Waals surface area contributed by atoms with Gasteiger partial charge >= 0.3 is 12.0 Å². The SMILES string of the molecule is COC1CCCN(c2nnc(N)o2)C1. The number of anilines is 2. The van der Waals surface area contributed by atoms with Crippen molar-refractivity contribution in [1.82, 2.24) is 10.2 Å². The second-order valence-corrected chi connectivity index (χ2v) is 3.37. The van der Waals surface area contributed by atoms with Crippen molar-refractivity contribution in [3.63, 3.8) is 0 Å². The fourth-order valence-corrected chi connectivity index (χ4v) is 1.66. The van der Waals surface area contributed by atoms with E-state index in [1.807, 2.05) is 4.90 Å². The minimum absolute atomic E-state index is 0.111. The molecule has 1 fully saturated rings. The van der Waals surface area contributed by atoms with Gasteiger partial charge in [-0.3, -0.25) is 0 Å². The van der Waals surface area contributed by atoms with E-state index in [1.165, 1.54) is 0 Å². The number of rotatable bonds is 2. The van der Waals surface area contributed by atoms with Crippen LogP contribution < -0.4 is 10.6 Å². The van der Waals surface area contributed by atoms with Gasteiger partial charge in [-0.05, 0) is 12.8 Å². The summed E-state index contributed by atoms with van der Waals surface area (Å²) >= 11 is 0. The zero-order valence-electron chi connectivity index (χ0n) is 8.14. The van der Waals surface area contributed by atoms with Gasteiger partial charge in [-0.1, -0.05) is 10.2 Å². The predicted molar refractivity (Wildman–Crippen MR) is 51.0 cm³/mol. The summed E-state index contributed by atoms with van der Waals surface area (Å²) in [5, 5.41) is 7.46. The fraction of sp³-hybridized carbons (Fsp3) is 0.750. The van der Waals surface area contributed by atoms with E-state index < -0.39 is 0 Å². The van der Waals surface area contributed by atoms with E-state index in [4.69, 9.17) is 14.9 Å². The average molecular weight is 198 g/mol. The van der Waals surface area contributed by atoms with Crippen molar-refractivity contribution >= 4 is 12.0 Å². The number of nitrogens with zero attached hydrogens (tertiary/aromatic N) is 3. The predicted octanol–water partition coefficient (Wildman–Crippen LogP) is 0.267. The lowest BCUT2D eigenvalue weighted by atomic mass is 10.1. The van der Waals surface area contributed by atoms with Crippen LogP contribution in [-0.2, 0) is 4.74 Å². The van der Waals surface area contributed by atoms with Gasteiger partial charge in [0.15, 0.2) is 0 Å². The Bertz CT molecular complexity index is 301. The Balaban J connectivity index is 2.04. The van der Waals surface area contributed by atoms with E-state index in [0.717, 1.165) is 25.9 Å². The molecular weight excluding hydrogens is 184 g/mol. The second kappa shape index (κ2) is 3.83. The van der Waals surface area contributed by atoms with Crippen LogP contribution in [0.5, 0.6) is 0 Å². The molecule has 0 amide bonds. The molecule has 2 heterocycles. The molecule has 0 saturated carbocycles. The number of nitrogen functional groups attached to an aromatic ring is 1. The van der Waals surface area contributed by atoms with Crippen LogP contribution >= 0.6 is 0 Å². The third kappa shape index (κ3) is 1.79. The van der Waals surface area contributed by atoms with Crippen molar-refractivity contribution < 1.29 is 9.15 Å². The molecule has 1 saturated heterocycles. The number of piperidine rings is 1. The minimum Gasteiger partial charge on any atom is -0.390 e. The summed E-state index contributed by atoms with van der Waals surface area (Å²) in [4.78, 5) is 2.00. The molecule has 0 bridgehead atoms. The van der Waals surface area contributed by atoms with Gasteiger partial charge in [0, 0.05) is 20.2 Å². The Morgan fingerprint density at radius 3 is 3.07 bits per heavy atom. The summed E-state index contributed by atoms with van der Waals surface area (Å²) < 4.78 is 10.4. The summed E-state index contributed by atoms with van der Waals surface area (Å²) in [5.74, 6) is 0. The molecule has 6 heteroatoms. The highest BCUT2D eigenvalue weighted by molar-refractivity contribution is 5.28. The van der Waals surface area contributed by atoms with Crippen LogP contribution in [-0.4, -0.2) is 36.5 Å². The first-order chi connectivity index (χ1) is 6.79. The number of nitrogens with two attached hydrogens (primary N) is 1. The van der Waals surface area contributed by atoms with Gasteiger partial charge in [0.25, 0.3) is 0 Å². The lowest BCUT2D eigenvalue weighted by Crippen LogP contribution is -2.39. The zero-order chi connectivity index (χ0) is 9.97. The smallest absolute Gasteiger partial charge is 0.319 e. The molecular formula is C8H14N4O2. The first kappa shape index (κ1) is 9.26. The molecule has 1 aliphatic rings. The topological polar surface area (TPSA) is 77.4 Å². The molecule has 6 nitrogen and oxygen atoms in total. The van der Waals surface area contributed by atoms with Crippen molar-refractivity contribution in [2.45, 2.75) is 18.9 Å². The molecule has 2 rings (SSSR count). The van der Waals surface area contributed by atoms with Gasteiger partial charge in [0.05, 0.1) is 6.10 Å². The van der Waals surface area contributed by atoms with Gasteiger partial charge < -0.3 is 19.8 Å². The Hall–Kier alpha value is -1.30. The Kier molecular flexibility index (Phi) is 2.53. The van der Waals surface area contributed by atoms with Gasteiger partial charge in [0.1, 0.15) is 0 Å². The van der Waals surface area contributed by atoms with Crippen LogP contribution in [0.2, 0.25) is 0 Å². The van der Waals surface area contributed by atoms with Gasteiger partial charge in [-0.25, -0.2) is 0 Å². The first-order valence-electron chi connectivity index (χ1n) is 4.66. The summed E-state index contributed by atoms with van der Waals surface area (Å²) in [6.45, 7) is 1.71. The minimum atomic E-state index is 0.111. The molecule has 1 aliphatic heterocycles. The molecule has 78 valence electrons. The Labute approximate surface area is 82.0 Å². The molecule has 2 N–H and O–H groups in total. The molecule has 0 aliphatic carbocycles. The lowest BCUT2D eigenvalue weighted by Gasteiger charge is -2.30. The lowest BCUT2D eigenvalue weighted by molar-refractivity contribution is 0.0880. The number of hydrogen-bond acceptors (Lipinski definition) is 6. The van der Waals surface area contributed by atoms with Crippen molar-refractivity contribution in [2.75, 3.05) is 30.8 Å². The zero-order valence-corrected chi connectivity index (χ0v) is 8.14. The molecule has 0 aromatic carbocycles. The third-order valence-corrected chi connectivity index (χ3v) is 2.41. The number of ether oxygens (including phenoxy) is 1. The van der Waals surface area contributed by atoms with E-state index in [0.29, 0.717) is 6.01 Å². The average Bonchev–Trinajstić information content (AvgIpc) is 2.65. The number of methoxy groups -OCH3 is 1. The van der Waals surface area contributed by atoms with Crippen LogP contribution in [0, 0.1) is 0 Å². The molecule has 0 radical (unpaired) electrons. The van der Waals surface area contributed by atoms with E-state index in [1.54, 1.807) is 7.11 Å². The maximum Gasteiger partial charge on any atom is 0.319 e. The van der Waals surface area contributed by atoms with Crippen LogP contribution in [0.1, 0.15) is 12.8 Å². The highest BCUT2D eigenvalue weighted by atomic mass is 16.5. The van der Waals surface area contributed by atoms with E-state index >= 15 is 0 Å². The number of hydrogen-bond donors (Lipinski definition) is 1. The maximum absolute atomic E-state index is 5.35. The maximum atomic E-state index is 5.35. The van der Waals surface area contributed by atoms with E-state index in [9.17, 15) is 0 Å². The van der Waals surface area contributed by atoms with Crippen LogP contribution in [0.3, 0.4) is 0 Å². The first-order valence-corrected chi connectivity index (χ1v) is 4.66. The van der Waals surface area contributed by atoms with Crippen LogP contribution in [0.25, 0.3) is 0 Å². The van der Waals surface area contributed by atoms with Crippen LogP contribution in [0.15, 0.2) is 4.42 Å². The quantitative estimate of drug-likeness (QED) is 0.734. The molecule has 1 atom stereocenters. The fourth-order valence-electron chi connectivity index (χ4n) is 1.66. The van der Waals surface area contributed by atoms with Crippen molar-refractivity contribution in [3.05, 3.63) is 0 Å². The van der Waals surface area contributed by atoms with Gasteiger partial charge in [-0.2, -0.15) is 0 Å². The van der Waals surface area contributed by atoms with E-state index in [-0.39, 0.29) is 12.1 Å². The monoisotopic (exact) mass is 198 g/mol. The van der Waals surface area contributed by atoms with Crippen molar-refractivity contribution in [2.24, 2.45) is 0 Å². The molecule has 0 spiro atoms. The van der Waals surface area contributed by atoms with Crippen molar-refractivity contribution in [1.29, 1.82) is 0 Å². The van der Waals surface area contributed by atoms with E-state index in [2.05, 4.69) is 10.2 Å². The molecule has 1 aromatic rings.